The van der Waals surface area contributed by atoms with Gasteiger partial charge in [0.15, 0.2) is 15.8 Å². The van der Waals surface area contributed by atoms with E-state index in [1.807, 2.05) is 12.1 Å². The molecule has 2 N–H and O–H groups in total. The Morgan fingerprint density at radius 1 is 1.37 bits per heavy atom. The van der Waals surface area contributed by atoms with Crippen molar-refractivity contribution in [3.63, 3.8) is 0 Å². The lowest BCUT2D eigenvalue weighted by molar-refractivity contribution is 0.244. The summed E-state index contributed by atoms with van der Waals surface area (Å²) in [5.74, 6) is 1.95. The molecule has 2 saturated heterocycles. The predicted molar refractivity (Wildman–Crippen MR) is 108 cm³/mol. The molecular formula is C19H30N4O3S. The molecule has 7 nitrogen and oxygen atoms in total. The molecule has 8 heteroatoms. The van der Waals surface area contributed by atoms with Gasteiger partial charge in [0.25, 0.3) is 0 Å². The Balaban J connectivity index is 1.66. The van der Waals surface area contributed by atoms with Crippen LogP contribution in [0.3, 0.4) is 0 Å². The van der Waals surface area contributed by atoms with Crippen LogP contribution < -0.4 is 15.4 Å². The molecule has 0 aromatic heterocycles. The first-order valence-electron chi connectivity index (χ1n) is 9.56. The van der Waals surface area contributed by atoms with Gasteiger partial charge in [0.1, 0.15) is 5.75 Å². The maximum Gasteiger partial charge on any atom is 0.191 e. The minimum absolute atomic E-state index is 0.0664. The number of ether oxygens (including phenoxy) is 1. The van der Waals surface area contributed by atoms with Gasteiger partial charge in [-0.3, -0.25) is 9.89 Å². The van der Waals surface area contributed by atoms with Crippen molar-refractivity contribution in [1.82, 2.24) is 15.5 Å². The molecule has 2 aliphatic rings. The van der Waals surface area contributed by atoms with E-state index in [4.69, 9.17) is 4.74 Å². The fraction of sp³-hybridized carbons (Fsp3) is 0.632. The summed E-state index contributed by atoms with van der Waals surface area (Å²) in [6.45, 7) is 2.86. The number of hydrogen-bond donors (Lipinski definition) is 2. The maximum atomic E-state index is 11.7. The van der Waals surface area contributed by atoms with Gasteiger partial charge in [-0.1, -0.05) is 12.1 Å². The van der Waals surface area contributed by atoms with Crippen LogP contribution >= 0.6 is 0 Å². The molecule has 1 aromatic rings. The molecular weight excluding hydrogens is 364 g/mol. The van der Waals surface area contributed by atoms with Crippen molar-refractivity contribution in [3.05, 3.63) is 29.8 Å². The summed E-state index contributed by atoms with van der Waals surface area (Å²) in [5, 5.41) is 6.66. The highest BCUT2D eigenvalue weighted by Crippen LogP contribution is 2.27. The Hall–Kier alpha value is -1.80. The first-order valence-corrected chi connectivity index (χ1v) is 11.4. The maximum absolute atomic E-state index is 11.7. The monoisotopic (exact) mass is 394 g/mol. The third-order valence-corrected chi connectivity index (χ3v) is 7.09. The molecule has 3 rings (SSSR count). The highest BCUT2D eigenvalue weighted by molar-refractivity contribution is 7.91. The van der Waals surface area contributed by atoms with Gasteiger partial charge in [-0.25, -0.2) is 8.42 Å². The summed E-state index contributed by atoms with van der Waals surface area (Å²) >= 11 is 0. The molecule has 0 saturated carbocycles. The Morgan fingerprint density at radius 3 is 2.78 bits per heavy atom. The summed E-state index contributed by atoms with van der Waals surface area (Å²) in [6.07, 6.45) is 3.06. The highest BCUT2D eigenvalue weighted by atomic mass is 32.2. The van der Waals surface area contributed by atoms with E-state index < -0.39 is 9.84 Å². The Labute approximate surface area is 162 Å². The molecule has 0 spiro atoms. The van der Waals surface area contributed by atoms with Crippen molar-refractivity contribution in [3.8, 4) is 5.75 Å². The average molecular weight is 395 g/mol. The van der Waals surface area contributed by atoms with Crippen LogP contribution in [0, 0.1) is 0 Å². The Bertz CT molecular complexity index is 760. The van der Waals surface area contributed by atoms with Gasteiger partial charge in [-0.15, -0.1) is 0 Å². The SMILES string of the molecule is CN=C(NCC(c1cccc(OC)c1)N1CCCC1)NC1CCS(=O)(=O)C1. The highest BCUT2D eigenvalue weighted by Gasteiger charge is 2.29. The van der Waals surface area contributed by atoms with Crippen molar-refractivity contribution < 1.29 is 13.2 Å². The second-order valence-corrected chi connectivity index (χ2v) is 9.46. The molecule has 2 fully saturated rings. The van der Waals surface area contributed by atoms with Crippen molar-refractivity contribution in [2.45, 2.75) is 31.3 Å². The number of nitrogens with one attached hydrogen (secondary N) is 2. The summed E-state index contributed by atoms with van der Waals surface area (Å²) in [7, 11) is 0.490. The third kappa shape index (κ3) is 5.35. The lowest BCUT2D eigenvalue weighted by Crippen LogP contribution is -2.46. The van der Waals surface area contributed by atoms with Crippen LogP contribution in [0.4, 0.5) is 0 Å². The minimum atomic E-state index is -2.91. The number of likely N-dealkylation sites (tertiary alicyclic amines) is 1. The number of hydrogen-bond acceptors (Lipinski definition) is 5. The second kappa shape index (κ2) is 8.93. The fourth-order valence-corrected chi connectivity index (χ4v) is 5.52. The summed E-state index contributed by atoms with van der Waals surface area (Å²) in [5.41, 5.74) is 1.21. The molecule has 0 amide bonds. The van der Waals surface area contributed by atoms with Crippen molar-refractivity contribution >= 4 is 15.8 Å². The van der Waals surface area contributed by atoms with Crippen LogP contribution in [-0.4, -0.2) is 70.6 Å². The lowest BCUT2D eigenvalue weighted by Gasteiger charge is -2.29. The molecule has 2 atom stereocenters. The smallest absolute Gasteiger partial charge is 0.191 e. The van der Waals surface area contributed by atoms with E-state index in [2.05, 4.69) is 32.7 Å². The molecule has 0 radical (unpaired) electrons. The minimum Gasteiger partial charge on any atom is -0.497 e. The third-order valence-electron chi connectivity index (χ3n) is 5.32. The summed E-state index contributed by atoms with van der Waals surface area (Å²) in [6, 6.07) is 8.35. The molecule has 0 aliphatic carbocycles. The topological polar surface area (TPSA) is 83.0 Å². The first-order chi connectivity index (χ1) is 13.0. The van der Waals surface area contributed by atoms with Gasteiger partial charge in [-0.2, -0.15) is 0 Å². The van der Waals surface area contributed by atoms with Gasteiger partial charge in [0, 0.05) is 19.6 Å². The molecule has 1 aromatic carbocycles. The zero-order valence-electron chi connectivity index (χ0n) is 16.1. The van der Waals surface area contributed by atoms with Crippen LogP contribution in [0.5, 0.6) is 5.75 Å². The Morgan fingerprint density at radius 2 is 2.15 bits per heavy atom. The van der Waals surface area contributed by atoms with Crippen molar-refractivity contribution in [1.29, 1.82) is 0 Å². The van der Waals surface area contributed by atoms with Gasteiger partial charge in [0.05, 0.1) is 24.7 Å². The van der Waals surface area contributed by atoms with Crippen LogP contribution in [0.2, 0.25) is 0 Å². The quantitative estimate of drug-likeness (QED) is 0.557. The van der Waals surface area contributed by atoms with E-state index in [-0.39, 0.29) is 23.6 Å². The predicted octanol–water partition coefficient (Wildman–Crippen LogP) is 1.18. The number of guanidine groups is 1. The van der Waals surface area contributed by atoms with E-state index in [0.29, 0.717) is 18.9 Å². The molecule has 27 heavy (non-hydrogen) atoms. The van der Waals surface area contributed by atoms with Gasteiger partial charge in [0.2, 0.25) is 0 Å². The standard InChI is InChI=1S/C19H30N4O3S/c1-20-19(22-16-8-11-27(24,25)14-16)21-13-18(23-9-3-4-10-23)15-6-5-7-17(12-15)26-2/h5-7,12,16,18H,3-4,8-11,13-14H2,1-2H3,(H2,20,21,22). The van der Waals surface area contributed by atoms with E-state index in [9.17, 15) is 8.42 Å². The van der Waals surface area contributed by atoms with E-state index in [1.54, 1.807) is 14.2 Å². The van der Waals surface area contributed by atoms with E-state index in [1.165, 1.54) is 18.4 Å². The van der Waals surface area contributed by atoms with Gasteiger partial charge >= 0.3 is 0 Å². The van der Waals surface area contributed by atoms with Gasteiger partial charge < -0.3 is 15.4 Å². The number of rotatable bonds is 6. The van der Waals surface area contributed by atoms with Gasteiger partial charge in [-0.05, 0) is 50.0 Å². The van der Waals surface area contributed by atoms with Crippen molar-refractivity contribution in [2.24, 2.45) is 4.99 Å². The zero-order valence-corrected chi connectivity index (χ0v) is 17.0. The Kier molecular flexibility index (Phi) is 6.59. The average Bonchev–Trinajstić information content (AvgIpc) is 3.30. The number of methoxy groups -OCH3 is 1. The zero-order chi connectivity index (χ0) is 19.3. The molecule has 150 valence electrons. The number of benzene rings is 1. The number of nitrogens with zero attached hydrogens (tertiary/aromatic N) is 2. The molecule has 0 bridgehead atoms. The fourth-order valence-electron chi connectivity index (χ4n) is 3.85. The lowest BCUT2D eigenvalue weighted by atomic mass is 10.1. The molecule has 2 aliphatic heterocycles. The molecule has 2 unspecified atom stereocenters. The normalized spacial score (nSPS) is 23.9. The van der Waals surface area contributed by atoms with Crippen LogP contribution in [0.1, 0.15) is 30.9 Å². The number of aliphatic imine (C=N–C) groups is 1. The molecule has 2 heterocycles. The van der Waals surface area contributed by atoms with E-state index in [0.717, 1.165) is 18.8 Å². The summed E-state index contributed by atoms with van der Waals surface area (Å²) < 4.78 is 28.7. The van der Waals surface area contributed by atoms with Crippen LogP contribution in [0.25, 0.3) is 0 Å². The first kappa shape index (κ1) is 19.9. The van der Waals surface area contributed by atoms with Crippen LogP contribution in [0.15, 0.2) is 29.3 Å². The second-order valence-electron chi connectivity index (χ2n) is 7.23. The largest absolute Gasteiger partial charge is 0.497 e. The van der Waals surface area contributed by atoms with E-state index >= 15 is 0 Å². The number of sulfone groups is 1. The summed E-state index contributed by atoms with van der Waals surface area (Å²) in [4.78, 5) is 6.76. The van der Waals surface area contributed by atoms with Crippen LogP contribution in [-0.2, 0) is 9.84 Å². The van der Waals surface area contributed by atoms with Crippen molar-refractivity contribution in [2.75, 3.05) is 45.3 Å².